The molecule has 0 amide bonds. The van der Waals surface area contributed by atoms with Crippen molar-refractivity contribution < 1.29 is 9.13 Å². The Kier molecular flexibility index (Phi) is 6.66. The number of rotatable bonds is 7. The van der Waals surface area contributed by atoms with Gasteiger partial charge in [0, 0.05) is 33.2 Å². The summed E-state index contributed by atoms with van der Waals surface area (Å²) >= 11 is 5.63. The average Bonchev–Trinajstić information content (AvgIpc) is 2.37. The van der Waals surface area contributed by atoms with Gasteiger partial charge in [0.05, 0.1) is 17.7 Å². The van der Waals surface area contributed by atoms with Gasteiger partial charge in [-0.3, -0.25) is 4.90 Å². The predicted molar refractivity (Wildman–Crippen MR) is 68.8 cm³/mol. The second-order valence-electron chi connectivity index (χ2n) is 3.93. The van der Waals surface area contributed by atoms with Crippen molar-refractivity contribution in [3.05, 3.63) is 34.6 Å². The van der Waals surface area contributed by atoms with E-state index < -0.39 is 5.82 Å². The lowest BCUT2D eigenvalue weighted by molar-refractivity contribution is 0.145. The molecule has 1 aromatic carbocycles. The summed E-state index contributed by atoms with van der Waals surface area (Å²) in [5, 5.41) is 8.73. The molecule has 0 N–H and O–H groups in total. The fourth-order valence-corrected chi connectivity index (χ4v) is 1.71. The van der Waals surface area contributed by atoms with E-state index in [0.29, 0.717) is 32.7 Å². The zero-order valence-electron chi connectivity index (χ0n) is 10.3. The monoisotopic (exact) mass is 270 g/mol. The molecular weight excluding hydrogens is 255 g/mol. The van der Waals surface area contributed by atoms with Gasteiger partial charge in [-0.2, -0.15) is 5.26 Å². The number of nitriles is 1. The minimum atomic E-state index is -0.416. The van der Waals surface area contributed by atoms with Crippen LogP contribution in [0.4, 0.5) is 4.39 Å². The van der Waals surface area contributed by atoms with E-state index in [0.717, 1.165) is 5.56 Å². The van der Waals surface area contributed by atoms with E-state index in [9.17, 15) is 4.39 Å². The third-order valence-electron chi connectivity index (χ3n) is 2.54. The first-order valence-corrected chi connectivity index (χ1v) is 6.07. The zero-order chi connectivity index (χ0) is 13.4. The lowest BCUT2D eigenvalue weighted by Crippen LogP contribution is -2.28. The fourth-order valence-electron chi connectivity index (χ4n) is 1.59. The van der Waals surface area contributed by atoms with Gasteiger partial charge >= 0.3 is 0 Å². The van der Waals surface area contributed by atoms with Gasteiger partial charge in [0.1, 0.15) is 5.82 Å². The maximum absolute atomic E-state index is 13.3. The van der Waals surface area contributed by atoms with Crippen LogP contribution in [0.5, 0.6) is 0 Å². The van der Waals surface area contributed by atoms with Gasteiger partial charge in [-0.1, -0.05) is 17.7 Å². The summed E-state index contributed by atoms with van der Waals surface area (Å²) in [7, 11) is 1.63. The van der Waals surface area contributed by atoms with Crippen LogP contribution < -0.4 is 0 Å². The van der Waals surface area contributed by atoms with Crippen molar-refractivity contribution in [3.63, 3.8) is 0 Å². The van der Waals surface area contributed by atoms with Crippen LogP contribution in [-0.2, 0) is 11.3 Å². The molecule has 0 fully saturated rings. The molecule has 0 aliphatic heterocycles. The number of halogens is 2. The molecule has 0 bridgehead atoms. The number of benzene rings is 1. The quantitative estimate of drug-likeness (QED) is 0.764. The highest BCUT2D eigenvalue weighted by atomic mass is 35.5. The Morgan fingerprint density at radius 3 is 2.83 bits per heavy atom. The van der Waals surface area contributed by atoms with Crippen molar-refractivity contribution in [2.45, 2.75) is 13.0 Å². The molecule has 1 aromatic rings. The van der Waals surface area contributed by atoms with E-state index >= 15 is 0 Å². The van der Waals surface area contributed by atoms with E-state index in [1.54, 1.807) is 19.2 Å². The van der Waals surface area contributed by atoms with E-state index in [1.165, 1.54) is 6.07 Å². The van der Waals surface area contributed by atoms with Crippen LogP contribution in [0.25, 0.3) is 0 Å². The molecule has 0 spiro atoms. The SMILES string of the molecule is COCCN(CCC#N)Cc1ccc(Cl)c(F)c1. The minimum absolute atomic E-state index is 0.124. The Labute approximate surface area is 112 Å². The van der Waals surface area contributed by atoms with Crippen LogP contribution in [0, 0.1) is 17.1 Å². The third-order valence-corrected chi connectivity index (χ3v) is 2.85. The fraction of sp³-hybridized carbons (Fsp3) is 0.462. The molecule has 0 atom stereocenters. The summed E-state index contributed by atoms with van der Waals surface area (Å²) in [4.78, 5) is 2.05. The summed E-state index contributed by atoms with van der Waals surface area (Å²) < 4.78 is 18.3. The van der Waals surface area contributed by atoms with Gasteiger partial charge in [0.2, 0.25) is 0 Å². The molecule has 0 unspecified atom stereocenters. The summed E-state index contributed by atoms with van der Waals surface area (Å²) in [6.07, 6.45) is 0.444. The molecule has 0 heterocycles. The van der Waals surface area contributed by atoms with Crippen LogP contribution in [0.3, 0.4) is 0 Å². The summed E-state index contributed by atoms with van der Waals surface area (Å²) in [6, 6.07) is 6.86. The number of hydrogen-bond donors (Lipinski definition) is 0. The lowest BCUT2D eigenvalue weighted by Gasteiger charge is -2.20. The molecule has 0 radical (unpaired) electrons. The van der Waals surface area contributed by atoms with Gasteiger partial charge in [-0.25, -0.2) is 4.39 Å². The molecule has 18 heavy (non-hydrogen) atoms. The number of ether oxygens (including phenoxy) is 1. The molecule has 0 aromatic heterocycles. The van der Waals surface area contributed by atoms with Gasteiger partial charge < -0.3 is 4.74 Å². The number of nitrogens with zero attached hydrogens (tertiary/aromatic N) is 2. The molecule has 0 aliphatic rings. The van der Waals surface area contributed by atoms with E-state index in [1.807, 2.05) is 0 Å². The van der Waals surface area contributed by atoms with Crippen molar-refractivity contribution in [2.24, 2.45) is 0 Å². The molecule has 1 rings (SSSR count). The van der Waals surface area contributed by atoms with E-state index in [2.05, 4.69) is 11.0 Å². The van der Waals surface area contributed by atoms with E-state index in [-0.39, 0.29) is 5.02 Å². The average molecular weight is 271 g/mol. The van der Waals surface area contributed by atoms with Crippen LogP contribution >= 0.6 is 11.6 Å². The van der Waals surface area contributed by atoms with Crippen LogP contribution in [0.1, 0.15) is 12.0 Å². The first-order valence-electron chi connectivity index (χ1n) is 5.69. The summed E-state index contributed by atoms with van der Waals surface area (Å²) in [6.45, 7) is 2.52. The van der Waals surface area contributed by atoms with Crippen molar-refractivity contribution in [1.82, 2.24) is 4.90 Å². The molecule has 0 saturated carbocycles. The lowest BCUT2D eigenvalue weighted by atomic mass is 10.2. The first-order chi connectivity index (χ1) is 8.67. The topological polar surface area (TPSA) is 36.3 Å². The minimum Gasteiger partial charge on any atom is -0.383 e. The number of hydrogen-bond acceptors (Lipinski definition) is 3. The van der Waals surface area contributed by atoms with Gasteiger partial charge in [0.15, 0.2) is 0 Å². The Balaban J connectivity index is 2.63. The van der Waals surface area contributed by atoms with Crippen LogP contribution in [0.15, 0.2) is 18.2 Å². The van der Waals surface area contributed by atoms with Gasteiger partial charge in [-0.05, 0) is 17.7 Å². The highest BCUT2D eigenvalue weighted by molar-refractivity contribution is 6.30. The molecular formula is C13H16ClFN2O. The summed E-state index contributed by atoms with van der Waals surface area (Å²) in [5.41, 5.74) is 0.839. The van der Waals surface area contributed by atoms with Crippen molar-refractivity contribution in [2.75, 3.05) is 26.8 Å². The van der Waals surface area contributed by atoms with Gasteiger partial charge in [-0.15, -0.1) is 0 Å². The Morgan fingerprint density at radius 2 is 2.22 bits per heavy atom. The zero-order valence-corrected chi connectivity index (χ0v) is 11.1. The number of methoxy groups -OCH3 is 1. The second-order valence-corrected chi connectivity index (χ2v) is 4.33. The maximum atomic E-state index is 13.3. The Bertz CT molecular complexity index is 420. The third kappa shape index (κ3) is 5.01. The second kappa shape index (κ2) is 8.04. The standard InChI is InChI=1S/C13H16ClFN2O/c1-18-8-7-17(6-2-5-16)10-11-3-4-12(14)13(15)9-11/h3-4,9H,2,6-8,10H2,1H3. The van der Waals surface area contributed by atoms with Gasteiger partial charge in [0.25, 0.3) is 0 Å². The van der Waals surface area contributed by atoms with Crippen LogP contribution in [0.2, 0.25) is 5.02 Å². The maximum Gasteiger partial charge on any atom is 0.142 e. The molecule has 5 heteroatoms. The van der Waals surface area contributed by atoms with Crippen LogP contribution in [-0.4, -0.2) is 31.7 Å². The van der Waals surface area contributed by atoms with Crippen molar-refractivity contribution in [1.29, 1.82) is 5.26 Å². The normalized spacial score (nSPS) is 10.6. The molecule has 3 nitrogen and oxygen atoms in total. The Morgan fingerprint density at radius 1 is 1.44 bits per heavy atom. The Hall–Kier alpha value is -1.15. The van der Waals surface area contributed by atoms with E-state index in [4.69, 9.17) is 21.6 Å². The largest absolute Gasteiger partial charge is 0.383 e. The first kappa shape index (κ1) is 14.9. The predicted octanol–water partition coefficient (Wildman–Crippen LogP) is 2.84. The smallest absolute Gasteiger partial charge is 0.142 e. The highest BCUT2D eigenvalue weighted by Gasteiger charge is 2.07. The van der Waals surface area contributed by atoms with Crippen molar-refractivity contribution >= 4 is 11.6 Å². The van der Waals surface area contributed by atoms with Crippen molar-refractivity contribution in [3.8, 4) is 6.07 Å². The highest BCUT2D eigenvalue weighted by Crippen LogP contribution is 2.16. The molecule has 0 aliphatic carbocycles. The summed E-state index contributed by atoms with van der Waals surface area (Å²) in [5.74, 6) is -0.416. The molecule has 0 saturated heterocycles. The molecule has 98 valence electrons.